The van der Waals surface area contributed by atoms with E-state index in [1.54, 1.807) is 17.0 Å². The number of benzene rings is 1. The Hall–Kier alpha value is -2.19. The zero-order valence-electron chi connectivity index (χ0n) is 14.7. The SMILES string of the molecule is COCc1c(C(=O)NC2CCN(C(=O)OC)CC2)sc2cccc(F)c12. The Kier molecular flexibility index (Phi) is 5.73. The van der Waals surface area contributed by atoms with Crippen molar-refractivity contribution in [3.8, 4) is 0 Å². The summed E-state index contributed by atoms with van der Waals surface area (Å²) in [5.41, 5.74) is 0.579. The van der Waals surface area contributed by atoms with Crippen LogP contribution in [0.15, 0.2) is 18.2 Å². The van der Waals surface area contributed by atoms with Crippen molar-refractivity contribution in [2.24, 2.45) is 0 Å². The molecule has 3 rings (SSSR count). The molecule has 1 aliphatic rings. The average molecular weight is 380 g/mol. The van der Waals surface area contributed by atoms with Crippen LogP contribution in [0.1, 0.15) is 28.1 Å². The van der Waals surface area contributed by atoms with Crippen LogP contribution in [0.5, 0.6) is 0 Å². The Bertz CT molecular complexity index is 815. The summed E-state index contributed by atoms with van der Waals surface area (Å²) in [5.74, 6) is -0.578. The molecule has 1 saturated heterocycles. The largest absolute Gasteiger partial charge is 0.453 e. The first-order valence-corrected chi connectivity index (χ1v) is 9.19. The second-order valence-corrected chi connectivity index (χ2v) is 7.21. The van der Waals surface area contributed by atoms with Crippen LogP contribution in [0.4, 0.5) is 9.18 Å². The third kappa shape index (κ3) is 3.66. The first-order valence-electron chi connectivity index (χ1n) is 8.37. The first-order chi connectivity index (χ1) is 12.5. The van der Waals surface area contributed by atoms with Crippen molar-refractivity contribution >= 4 is 33.4 Å². The van der Waals surface area contributed by atoms with Gasteiger partial charge in [0.05, 0.1) is 18.6 Å². The standard InChI is InChI=1S/C18H21FN2O4S/c1-24-10-12-15-13(19)4-3-5-14(15)26-16(12)17(22)20-11-6-8-21(9-7-11)18(23)25-2/h3-5,11H,6-10H2,1-2H3,(H,20,22). The molecule has 0 radical (unpaired) electrons. The summed E-state index contributed by atoms with van der Waals surface area (Å²) in [4.78, 5) is 26.4. The molecule has 0 spiro atoms. The summed E-state index contributed by atoms with van der Waals surface area (Å²) >= 11 is 1.27. The molecule has 6 nitrogen and oxygen atoms in total. The number of carbonyl (C=O) groups is 2. The van der Waals surface area contributed by atoms with Crippen LogP contribution in [-0.2, 0) is 16.1 Å². The van der Waals surface area contributed by atoms with Crippen LogP contribution in [0.25, 0.3) is 10.1 Å². The van der Waals surface area contributed by atoms with Crippen LogP contribution in [-0.4, -0.2) is 50.3 Å². The number of hydrogen-bond acceptors (Lipinski definition) is 5. The number of ether oxygens (including phenoxy) is 2. The molecule has 1 aromatic heterocycles. The summed E-state index contributed by atoms with van der Waals surface area (Å²) in [6.07, 6.45) is 0.955. The molecule has 2 aromatic rings. The molecule has 1 aliphatic heterocycles. The van der Waals surface area contributed by atoms with Crippen LogP contribution < -0.4 is 5.32 Å². The van der Waals surface area contributed by atoms with Crippen LogP contribution in [0, 0.1) is 5.82 Å². The number of likely N-dealkylation sites (tertiary alicyclic amines) is 1. The van der Waals surface area contributed by atoms with Crippen LogP contribution >= 0.6 is 11.3 Å². The fourth-order valence-corrected chi connectivity index (χ4v) is 4.34. The van der Waals surface area contributed by atoms with Crippen LogP contribution in [0.2, 0.25) is 0 Å². The highest BCUT2D eigenvalue weighted by atomic mass is 32.1. The highest BCUT2D eigenvalue weighted by molar-refractivity contribution is 7.21. The van der Waals surface area contributed by atoms with E-state index in [2.05, 4.69) is 5.32 Å². The number of piperidine rings is 1. The van der Waals surface area contributed by atoms with Crippen molar-refractivity contribution in [3.63, 3.8) is 0 Å². The zero-order valence-corrected chi connectivity index (χ0v) is 15.5. The van der Waals surface area contributed by atoms with E-state index < -0.39 is 0 Å². The number of carbonyl (C=O) groups excluding carboxylic acids is 2. The molecule has 140 valence electrons. The monoisotopic (exact) mass is 380 g/mol. The Labute approximate surface area is 154 Å². The minimum absolute atomic E-state index is 0.0335. The number of amides is 2. The van der Waals surface area contributed by atoms with Gasteiger partial charge in [-0.2, -0.15) is 0 Å². The van der Waals surface area contributed by atoms with Crippen molar-refractivity contribution in [3.05, 3.63) is 34.5 Å². The molecule has 0 aliphatic carbocycles. The smallest absolute Gasteiger partial charge is 0.409 e. The maximum atomic E-state index is 14.2. The summed E-state index contributed by atoms with van der Waals surface area (Å²) in [6, 6.07) is 4.79. The number of nitrogens with zero attached hydrogens (tertiary/aromatic N) is 1. The predicted molar refractivity (Wildman–Crippen MR) is 97.0 cm³/mol. The Balaban J connectivity index is 1.75. The van der Waals surface area contributed by atoms with Gasteiger partial charge in [0.15, 0.2) is 0 Å². The fraction of sp³-hybridized carbons (Fsp3) is 0.444. The Morgan fingerprint density at radius 2 is 2.04 bits per heavy atom. The van der Waals surface area contributed by atoms with E-state index in [1.165, 1.54) is 31.6 Å². The third-order valence-corrected chi connectivity index (χ3v) is 5.72. The van der Waals surface area contributed by atoms with Gasteiger partial charge in [-0.1, -0.05) is 6.07 Å². The van der Waals surface area contributed by atoms with E-state index in [-0.39, 0.29) is 30.5 Å². The van der Waals surface area contributed by atoms with Gasteiger partial charge in [0.2, 0.25) is 0 Å². The molecular formula is C18H21FN2O4S. The van der Waals surface area contributed by atoms with Gasteiger partial charge in [0.25, 0.3) is 5.91 Å². The Morgan fingerprint density at radius 3 is 2.69 bits per heavy atom. The first kappa shape index (κ1) is 18.6. The Morgan fingerprint density at radius 1 is 1.31 bits per heavy atom. The van der Waals surface area contributed by atoms with Gasteiger partial charge in [-0.25, -0.2) is 9.18 Å². The molecular weight excluding hydrogens is 359 g/mol. The number of methoxy groups -OCH3 is 2. The molecule has 0 bridgehead atoms. The van der Waals surface area contributed by atoms with Gasteiger partial charge in [-0.05, 0) is 25.0 Å². The topological polar surface area (TPSA) is 67.9 Å². The van der Waals surface area contributed by atoms with Gasteiger partial charge in [0.1, 0.15) is 5.82 Å². The molecule has 0 unspecified atom stereocenters. The lowest BCUT2D eigenvalue weighted by molar-refractivity contribution is 0.0892. The van der Waals surface area contributed by atoms with Crippen molar-refractivity contribution in [2.75, 3.05) is 27.3 Å². The van der Waals surface area contributed by atoms with Crippen molar-refractivity contribution in [1.82, 2.24) is 10.2 Å². The lowest BCUT2D eigenvalue weighted by Crippen LogP contribution is -2.46. The molecule has 8 heteroatoms. The minimum atomic E-state index is -0.351. The quantitative estimate of drug-likeness (QED) is 0.885. The number of thiophene rings is 1. The average Bonchev–Trinajstić information content (AvgIpc) is 3.02. The second-order valence-electron chi connectivity index (χ2n) is 6.16. The highest BCUT2D eigenvalue weighted by Crippen LogP contribution is 2.34. The van der Waals surface area contributed by atoms with E-state index in [1.807, 2.05) is 0 Å². The van der Waals surface area contributed by atoms with Gasteiger partial charge in [-0.15, -0.1) is 11.3 Å². The summed E-state index contributed by atoms with van der Waals surface area (Å²) in [5, 5.41) is 3.46. The maximum absolute atomic E-state index is 14.2. The summed E-state index contributed by atoms with van der Waals surface area (Å²) in [6.45, 7) is 1.23. The van der Waals surface area contributed by atoms with Crippen LogP contribution in [0.3, 0.4) is 0 Å². The van der Waals surface area contributed by atoms with E-state index >= 15 is 0 Å². The summed E-state index contributed by atoms with van der Waals surface area (Å²) < 4.78 is 24.9. The normalized spacial score (nSPS) is 15.3. The predicted octanol–water partition coefficient (Wildman–Crippen LogP) is 3.15. The fourth-order valence-electron chi connectivity index (χ4n) is 3.22. The van der Waals surface area contributed by atoms with E-state index in [0.717, 1.165) is 4.70 Å². The van der Waals surface area contributed by atoms with E-state index in [9.17, 15) is 14.0 Å². The summed E-state index contributed by atoms with van der Waals surface area (Å²) in [7, 11) is 2.88. The lowest BCUT2D eigenvalue weighted by atomic mass is 10.0. The molecule has 0 saturated carbocycles. The molecule has 1 fully saturated rings. The van der Waals surface area contributed by atoms with Gasteiger partial charge in [-0.3, -0.25) is 4.79 Å². The highest BCUT2D eigenvalue weighted by Gasteiger charge is 2.27. The molecule has 0 atom stereocenters. The molecule has 1 aromatic carbocycles. The number of fused-ring (bicyclic) bond motifs is 1. The maximum Gasteiger partial charge on any atom is 0.409 e. The molecule has 1 N–H and O–H groups in total. The van der Waals surface area contributed by atoms with Gasteiger partial charge < -0.3 is 19.7 Å². The van der Waals surface area contributed by atoms with Crippen molar-refractivity contribution in [1.29, 1.82) is 0 Å². The van der Waals surface area contributed by atoms with Gasteiger partial charge in [0, 0.05) is 41.9 Å². The minimum Gasteiger partial charge on any atom is -0.453 e. The number of rotatable bonds is 4. The second kappa shape index (κ2) is 8.01. The molecule has 2 heterocycles. The lowest BCUT2D eigenvalue weighted by Gasteiger charge is -2.31. The number of nitrogens with one attached hydrogen (secondary N) is 1. The molecule has 26 heavy (non-hydrogen) atoms. The third-order valence-electron chi connectivity index (χ3n) is 4.52. The number of hydrogen-bond donors (Lipinski definition) is 1. The zero-order chi connectivity index (χ0) is 18.7. The van der Waals surface area contributed by atoms with E-state index in [0.29, 0.717) is 41.8 Å². The van der Waals surface area contributed by atoms with Crippen molar-refractivity contribution in [2.45, 2.75) is 25.5 Å². The van der Waals surface area contributed by atoms with Gasteiger partial charge >= 0.3 is 6.09 Å². The number of halogens is 1. The molecule has 2 amide bonds. The van der Waals surface area contributed by atoms with Crippen molar-refractivity contribution < 1.29 is 23.5 Å². The van der Waals surface area contributed by atoms with E-state index in [4.69, 9.17) is 9.47 Å².